The highest BCUT2D eigenvalue weighted by Gasteiger charge is 2.31. The Bertz CT molecular complexity index is 1020. The smallest absolute Gasteiger partial charge is 0.162 e. The van der Waals surface area contributed by atoms with Crippen LogP contribution < -0.4 is 10.9 Å². The molecule has 0 radical (unpaired) electrons. The van der Waals surface area contributed by atoms with Gasteiger partial charge in [-0.25, -0.2) is 0 Å². The van der Waals surface area contributed by atoms with Crippen molar-refractivity contribution in [3.63, 3.8) is 0 Å². The molecule has 2 heterocycles. The lowest BCUT2D eigenvalue weighted by molar-refractivity contribution is -0.104. The second-order valence-electron chi connectivity index (χ2n) is 9.36. The summed E-state index contributed by atoms with van der Waals surface area (Å²) in [6, 6.07) is 8.56. The Morgan fingerprint density at radius 3 is 2.66 bits per heavy atom. The van der Waals surface area contributed by atoms with E-state index in [4.69, 9.17) is 4.99 Å². The highest BCUT2D eigenvalue weighted by atomic mass is 16.1. The van der Waals surface area contributed by atoms with Crippen molar-refractivity contribution in [2.45, 2.75) is 64.1 Å². The Hall–Kier alpha value is -3.11. The molecule has 2 N–H and O–H groups in total. The molecule has 1 aliphatic carbocycles. The van der Waals surface area contributed by atoms with Gasteiger partial charge in [-0.15, -0.1) is 0 Å². The number of allylic oxidation sites excluding steroid dienone is 2. The Labute approximate surface area is 208 Å². The number of nitriles is 2. The zero-order valence-corrected chi connectivity index (χ0v) is 21.2. The van der Waals surface area contributed by atoms with Gasteiger partial charge in [0.1, 0.15) is 11.6 Å². The van der Waals surface area contributed by atoms with Gasteiger partial charge in [-0.3, -0.25) is 30.5 Å². The van der Waals surface area contributed by atoms with Crippen molar-refractivity contribution in [2.75, 3.05) is 33.2 Å². The summed E-state index contributed by atoms with van der Waals surface area (Å²) >= 11 is 0. The van der Waals surface area contributed by atoms with Crippen LogP contribution in [0.1, 0.15) is 63.3 Å². The molecule has 35 heavy (non-hydrogen) atoms. The van der Waals surface area contributed by atoms with Gasteiger partial charge in [-0.05, 0) is 52.3 Å². The van der Waals surface area contributed by atoms with Gasteiger partial charge in [0, 0.05) is 56.1 Å². The van der Waals surface area contributed by atoms with Crippen molar-refractivity contribution in [3.8, 4) is 12.1 Å². The van der Waals surface area contributed by atoms with E-state index in [9.17, 15) is 15.3 Å². The number of aliphatic imine (C=N–C) groups is 1. The zero-order chi connectivity index (χ0) is 25.4. The summed E-state index contributed by atoms with van der Waals surface area (Å²) in [5.41, 5.74) is 9.45. The predicted molar refractivity (Wildman–Crippen MR) is 135 cm³/mol. The van der Waals surface area contributed by atoms with Gasteiger partial charge < -0.3 is 4.90 Å². The number of hydrogen-bond donors (Lipinski definition) is 2. The zero-order valence-electron chi connectivity index (χ0n) is 21.2. The molecule has 186 valence electrons. The van der Waals surface area contributed by atoms with E-state index >= 15 is 0 Å². The number of hydrazine groups is 1. The number of aldehydes is 1. The average molecular weight is 477 g/mol. The van der Waals surface area contributed by atoms with Gasteiger partial charge in [0.15, 0.2) is 6.29 Å². The molecule has 0 spiro atoms. The van der Waals surface area contributed by atoms with E-state index in [-0.39, 0.29) is 30.1 Å². The van der Waals surface area contributed by atoms with Gasteiger partial charge in [-0.2, -0.15) is 10.5 Å². The molecular weight excluding hydrogens is 440 g/mol. The molecule has 1 aliphatic heterocycles. The van der Waals surface area contributed by atoms with Crippen LogP contribution in [0, 0.1) is 22.7 Å². The Balaban J connectivity index is 1.77. The van der Waals surface area contributed by atoms with E-state index < -0.39 is 0 Å². The van der Waals surface area contributed by atoms with Gasteiger partial charge in [0.05, 0.1) is 29.9 Å². The number of hydrogen-bond acceptors (Lipinski definition) is 9. The van der Waals surface area contributed by atoms with Gasteiger partial charge in [0.2, 0.25) is 0 Å². The van der Waals surface area contributed by atoms with Gasteiger partial charge >= 0.3 is 0 Å². The lowest BCUT2D eigenvalue weighted by atomic mass is 10.0. The lowest BCUT2D eigenvalue weighted by Crippen LogP contribution is -2.53. The topological polar surface area (TPSA) is 120 Å². The highest BCUT2D eigenvalue weighted by molar-refractivity contribution is 6.03. The van der Waals surface area contributed by atoms with Crippen LogP contribution in [0.15, 0.2) is 34.6 Å². The van der Waals surface area contributed by atoms with Crippen molar-refractivity contribution in [1.29, 1.82) is 10.5 Å². The van der Waals surface area contributed by atoms with Crippen LogP contribution >= 0.6 is 0 Å². The molecule has 1 aromatic rings. The maximum Gasteiger partial charge on any atom is 0.162 e. The fraction of sp³-hybridized carbons (Fsp3) is 0.577. The maximum absolute atomic E-state index is 11.8. The van der Waals surface area contributed by atoms with E-state index in [1.165, 1.54) is 24.1 Å². The first kappa shape index (κ1) is 26.5. The largest absolute Gasteiger partial charge is 0.364 e. The standard InChI is InChI=1S/C26H36N8O/c1-18-16-33(20(3)22-7-8-25(30-14-22)21-5-6-21)11-12-34(18)26(23(13-28)17-35)19(2)32-24(9-10-27)15-31-29-4/h7-8,14,17-18,20-21,24,29,31H,5-6,9,11-12,15-16H2,1-4H3/b26-23+,32-19?. The Kier molecular flexibility index (Phi) is 9.50. The molecule has 0 aromatic carbocycles. The molecule has 3 unspecified atom stereocenters. The van der Waals surface area contributed by atoms with Crippen molar-refractivity contribution in [2.24, 2.45) is 4.99 Å². The Morgan fingerprint density at radius 1 is 1.34 bits per heavy atom. The predicted octanol–water partition coefficient (Wildman–Crippen LogP) is 2.47. The summed E-state index contributed by atoms with van der Waals surface area (Å²) in [6.45, 7) is 8.82. The van der Waals surface area contributed by atoms with Crippen LogP contribution in [0.5, 0.6) is 0 Å². The fourth-order valence-electron chi connectivity index (χ4n) is 4.68. The summed E-state index contributed by atoms with van der Waals surface area (Å²) < 4.78 is 0. The molecule has 0 amide bonds. The summed E-state index contributed by atoms with van der Waals surface area (Å²) in [5.74, 6) is 0.645. The maximum atomic E-state index is 11.8. The molecule has 3 rings (SSSR count). The molecule has 0 bridgehead atoms. The monoisotopic (exact) mass is 476 g/mol. The molecule has 1 saturated heterocycles. The average Bonchev–Trinajstić information content (AvgIpc) is 3.71. The van der Waals surface area contributed by atoms with E-state index in [1.807, 2.05) is 13.1 Å². The third-order valence-electron chi connectivity index (χ3n) is 6.83. The first-order chi connectivity index (χ1) is 16.9. The lowest BCUT2D eigenvalue weighted by Gasteiger charge is -2.44. The molecular formula is C26H36N8O. The minimum atomic E-state index is -0.295. The van der Waals surface area contributed by atoms with Crippen molar-refractivity contribution < 1.29 is 4.79 Å². The molecule has 2 aliphatic rings. The van der Waals surface area contributed by atoms with Crippen LogP contribution in [-0.4, -0.2) is 72.1 Å². The van der Waals surface area contributed by atoms with Crippen molar-refractivity contribution in [1.82, 2.24) is 25.6 Å². The quantitative estimate of drug-likeness (QED) is 0.164. The van der Waals surface area contributed by atoms with Gasteiger partial charge in [0.25, 0.3) is 0 Å². The second-order valence-corrected chi connectivity index (χ2v) is 9.36. The second kappa shape index (κ2) is 12.6. The third kappa shape index (κ3) is 6.73. The number of rotatable bonds is 11. The number of nitrogens with zero attached hydrogens (tertiary/aromatic N) is 6. The van der Waals surface area contributed by atoms with E-state index in [2.05, 4.69) is 63.8 Å². The summed E-state index contributed by atoms with van der Waals surface area (Å²) in [7, 11) is 1.76. The number of carbonyl (C=O) groups is 1. The molecule has 1 saturated carbocycles. The number of piperazine rings is 1. The van der Waals surface area contributed by atoms with Crippen LogP contribution in [-0.2, 0) is 4.79 Å². The number of nitrogens with one attached hydrogen (secondary N) is 2. The van der Waals surface area contributed by atoms with E-state index in [0.29, 0.717) is 36.7 Å². The highest BCUT2D eigenvalue weighted by Crippen LogP contribution is 2.39. The molecule has 2 fully saturated rings. The van der Waals surface area contributed by atoms with Crippen LogP contribution in [0.25, 0.3) is 0 Å². The van der Waals surface area contributed by atoms with Crippen molar-refractivity contribution in [3.05, 3.63) is 40.9 Å². The fourth-order valence-corrected chi connectivity index (χ4v) is 4.68. The molecule has 9 nitrogen and oxygen atoms in total. The molecule has 9 heteroatoms. The van der Waals surface area contributed by atoms with E-state index in [1.54, 1.807) is 7.05 Å². The molecule has 3 atom stereocenters. The van der Waals surface area contributed by atoms with Crippen LogP contribution in [0.4, 0.5) is 0 Å². The summed E-state index contributed by atoms with van der Waals surface area (Å²) in [4.78, 5) is 25.7. The summed E-state index contributed by atoms with van der Waals surface area (Å²) in [6.07, 6.45) is 5.33. The van der Waals surface area contributed by atoms with Crippen molar-refractivity contribution >= 4 is 12.0 Å². The van der Waals surface area contributed by atoms with Crippen LogP contribution in [0.3, 0.4) is 0 Å². The number of pyridine rings is 1. The minimum absolute atomic E-state index is 0.0664. The number of carbonyl (C=O) groups excluding carboxylic acids is 1. The first-order valence-electron chi connectivity index (χ1n) is 12.3. The number of aromatic nitrogens is 1. The normalized spacial score (nSPS) is 21.5. The summed E-state index contributed by atoms with van der Waals surface area (Å²) in [5, 5.41) is 18.9. The Morgan fingerprint density at radius 2 is 2.11 bits per heavy atom. The SMILES string of the molecule is CNNCC(CC#N)N=C(C)/C(=C(/C#N)C=O)N1CCN(C(C)c2ccc(C3CC3)nc2)CC1C. The van der Waals surface area contributed by atoms with Gasteiger partial charge in [-0.1, -0.05) is 6.07 Å². The van der Waals surface area contributed by atoms with Crippen LogP contribution in [0.2, 0.25) is 0 Å². The first-order valence-corrected chi connectivity index (χ1v) is 12.3. The molecule has 1 aromatic heterocycles. The third-order valence-corrected chi connectivity index (χ3v) is 6.83. The minimum Gasteiger partial charge on any atom is -0.364 e. The van der Waals surface area contributed by atoms with E-state index in [0.717, 1.165) is 13.1 Å².